The highest BCUT2D eigenvalue weighted by Crippen LogP contribution is 2.21. The zero-order chi connectivity index (χ0) is 14.5. The first-order valence-electron chi connectivity index (χ1n) is 5.91. The van der Waals surface area contributed by atoms with E-state index in [9.17, 15) is 9.59 Å². The first-order valence-corrected chi connectivity index (χ1v) is 5.91. The van der Waals surface area contributed by atoms with Crippen molar-refractivity contribution in [3.05, 3.63) is 35.4 Å². The first-order chi connectivity index (χ1) is 8.84. The van der Waals surface area contributed by atoms with Crippen LogP contribution in [-0.4, -0.2) is 11.8 Å². The molecule has 1 rings (SSSR count). The van der Waals surface area contributed by atoms with Gasteiger partial charge in [0.05, 0.1) is 6.07 Å². The number of carbonyl (C=O) groups is 2. The number of rotatable bonds is 2. The third kappa shape index (κ3) is 4.43. The molecule has 0 aliphatic carbocycles. The number of nitrogens with zero attached hydrogens (tertiary/aromatic N) is 1. The minimum Gasteiger partial charge on any atom is -0.272 e. The monoisotopic (exact) mass is 259 g/mol. The lowest BCUT2D eigenvalue weighted by molar-refractivity contribution is -0.120. The minimum absolute atomic E-state index is 0.0238. The Morgan fingerprint density at radius 1 is 1.16 bits per heavy atom. The van der Waals surface area contributed by atoms with Crippen LogP contribution in [-0.2, 0) is 10.2 Å². The fourth-order valence-corrected chi connectivity index (χ4v) is 1.44. The summed E-state index contributed by atoms with van der Waals surface area (Å²) in [5, 5.41) is 8.30. The topological polar surface area (TPSA) is 82.0 Å². The summed E-state index contributed by atoms with van der Waals surface area (Å²) in [5.74, 6) is -0.950. The molecule has 100 valence electrons. The number of hydrogen-bond donors (Lipinski definition) is 2. The summed E-state index contributed by atoms with van der Waals surface area (Å²) < 4.78 is 0. The van der Waals surface area contributed by atoms with Gasteiger partial charge in [0.15, 0.2) is 0 Å². The zero-order valence-corrected chi connectivity index (χ0v) is 11.3. The summed E-state index contributed by atoms with van der Waals surface area (Å²) in [6, 6.07) is 8.86. The molecule has 0 saturated heterocycles. The highest BCUT2D eigenvalue weighted by atomic mass is 16.2. The summed E-state index contributed by atoms with van der Waals surface area (Å²) in [4.78, 5) is 22.7. The maximum absolute atomic E-state index is 11.7. The van der Waals surface area contributed by atoms with Crippen LogP contribution in [0.4, 0.5) is 0 Å². The van der Waals surface area contributed by atoms with Crippen LogP contribution in [0.2, 0.25) is 0 Å². The van der Waals surface area contributed by atoms with Gasteiger partial charge in [-0.2, -0.15) is 5.26 Å². The molecule has 0 saturated carbocycles. The van der Waals surface area contributed by atoms with E-state index in [-0.39, 0.29) is 11.8 Å². The maximum atomic E-state index is 11.7. The Kier molecular flexibility index (Phi) is 4.65. The van der Waals surface area contributed by atoms with E-state index < -0.39 is 11.8 Å². The zero-order valence-electron chi connectivity index (χ0n) is 11.3. The van der Waals surface area contributed by atoms with Crippen molar-refractivity contribution >= 4 is 11.8 Å². The third-order valence-electron chi connectivity index (χ3n) is 2.57. The predicted octanol–water partition coefficient (Wildman–Crippen LogP) is 1.66. The molecular formula is C14H17N3O2. The summed E-state index contributed by atoms with van der Waals surface area (Å²) in [5.41, 5.74) is 6.01. The molecule has 0 aliphatic heterocycles. The fourth-order valence-electron chi connectivity index (χ4n) is 1.44. The van der Waals surface area contributed by atoms with Gasteiger partial charge in [-0.05, 0) is 23.1 Å². The predicted molar refractivity (Wildman–Crippen MR) is 71.0 cm³/mol. The van der Waals surface area contributed by atoms with Gasteiger partial charge in [-0.1, -0.05) is 32.9 Å². The van der Waals surface area contributed by atoms with Gasteiger partial charge in [0, 0.05) is 5.56 Å². The van der Waals surface area contributed by atoms with E-state index in [0.29, 0.717) is 5.56 Å². The van der Waals surface area contributed by atoms with Crippen molar-refractivity contribution in [2.75, 3.05) is 0 Å². The van der Waals surface area contributed by atoms with Gasteiger partial charge in [-0.25, -0.2) is 0 Å². The van der Waals surface area contributed by atoms with Gasteiger partial charge in [-0.3, -0.25) is 20.4 Å². The molecule has 5 nitrogen and oxygen atoms in total. The van der Waals surface area contributed by atoms with E-state index in [1.165, 1.54) is 0 Å². The number of amides is 2. The second-order valence-electron chi connectivity index (χ2n) is 5.16. The van der Waals surface area contributed by atoms with E-state index in [4.69, 9.17) is 5.26 Å². The van der Waals surface area contributed by atoms with Crippen LogP contribution in [0.15, 0.2) is 24.3 Å². The largest absolute Gasteiger partial charge is 0.272 e. The fraction of sp³-hybridized carbons (Fsp3) is 0.357. The summed E-state index contributed by atoms with van der Waals surface area (Å²) >= 11 is 0. The molecule has 0 radical (unpaired) electrons. The van der Waals surface area contributed by atoms with Gasteiger partial charge in [0.25, 0.3) is 11.8 Å². The Labute approximate surface area is 112 Å². The molecule has 0 unspecified atom stereocenters. The average molecular weight is 259 g/mol. The summed E-state index contributed by atoms with van der Waals surface area (Å²) in [7, 11) is 0. The summed E-state index contributed by atoms with van der Waals surface area (Å²) in [6.07, 6.45) is -0.288. The highest BCUT2D eigenvalue weighted by molar-refractivity contribution is 5.95. The van der Waals surface area contributed by atoms with E-state index in [1.807, 2.05) is 12.1 Å². The minimum atomic E-state index is -0.540. The van der Waals surface area contributed by atoms with E-state index in [1.54, 1.807) is 18.2 Å². The molecule has 5 heteroatoms. The van der Waals surface area contributed by atoms with Gasteiger partial charge < -0.3 is 0 Å². The van der Waals surface area contributed by atoms with Crippen molar-refractivity contribution in [1.29, 1.82) is 5.26 Å². The van der Waals surface area contributed by atoms with Crippen molar-refractivity contribution in [2.45, 2.75) is 32.6 Å². The number of hydrazine groups is 1. The van der Waals surface area contributed by atoms with Crippen molar-refractivity contribution < 1.29 is 9.59 Å². The Morgan fingerprint density at radius 3 is 2.21 bits per heavy atom. The lowest BCUT2D eigenvalue weighted by Crippen LogP contribution is -2.41. The number of hydrogen-bond acceptors (Lipinski definition) is 3. The molecule has 0 aromatic heterocycles. The number of carbonyl (C=O) groups excluding carboxylic acids is 2. The molecule has 2 amide bonds. The normalized spacial score (nSPS) is 10.4. The molecule has 1 aromatic carbocycles. The SMILES string of the molecule is CC(C)(C)c1ccc(C(=O)NNC(=O)CC#N)cc1. The van der Waals surface area contributed by atoms with Crippen LogP contribution in [0, 0.1) is 11.3 Å². The second kappa shape index (κ2) is 6.01. The molecule has 19 heavy (non-hydrogen) atoms. The van der Waals surface area contributed by atoms with Crippen molar-refractivity contribution in [3.63, 3.8) is 0 Å². The van der Waals surface area contributed by atoms with Gasteiger partial charge in [0.1, 0.15) is 6.42 Å². The lowest BCUT2D eigenvalue weighted by Gasteiger charge is -2.19. The Balaban J connectivity index is 2.64. The van der Waals surface area contributed by atoms with E-state index in [2.05, 4.69) is 31.6 Å². The van der Waals surface area contributed by atoms with Crippen molar-refractivity contribution in [3.8, 4) is 6.07 Å². The van der Waals surface area contributed by atoms with Crippen molar-refractivity contribution in [2.24, 2.45) is 0 Å². The van der Waals surface area contributed by atoms with Gasteiger partial charge in [-0.15, -0.1) is 0 Å². The van der Waals surface area contributed by atoms with Gasteiger partial charge >= 0.3 is 0 Å². The molecule has 0 fully saturated rings. The van der Waals surface area contributed by atoms with Crippen LogP contribution in [0.1, 0.15) is 43.1 Å². The quantitative estimate of drug-likeness (QED) is 0.792. The first kappa shape index (κ1) is 14.7. The Hall–Kier alpha value is -2.35. The average Bonchev–Trinajstić information content (AvgIpc) is 2.35. The van der Waals surface area contributed by atoms with Crippen LogP contribution in [0.3, 0.4) is 0 Å². The Bertz CT molecular complexity index is 507. The number of nitrogens with one attached hydrogen (secondary N) is 2. The van der Waals surface area contributed by atoms with E-state index >= 15 is 0 Å². The molecule has 0 atom stereocenters. The molecular weight excluding hydrogens is 242 g/mol. The highest BCUT2D eigenvalue weighted by Gasteiger charge is 2.14. The summed E-state index contributed by atoms with van der Waals surface area (Å²) in [6.45, 7) is 6.26. The molecule has 2 N–H and O–H groups in total. The van der Waals surface area contributed by atoms with Crippen molar-refractivity contribution in [1.82, 2.24) is 10.9 Å². The molecule has 0 spiro atoms. The maximum Gasteiger partial charge on any atom is 0.269 e. The number of benzene rings is 1. The lowest BCUT2D eigenvalue weighted by atomic mass is 9.87. The van der Waals surface area contributed by atoms with E-state index in [0.717, 1.165) is 5.56 Å². The third-order valence-corrected chi connectivity index (χ3v) is 2.57. The van der Waals surface area contributed by atoms with Gasteiger partial charge in [0.2, 0.25) is 0 Å². The van der Waals surface area contributed by atoms with Crippen LogP contribution in [0.25, 0.3) is 0 Å². The molecule has 0 heterocycles. The molecule has 0 bridgehead atoms. The van der Waals surface area contributed by atoms with Crippen LogP contribution in [0.5, 0.6) is 0 Å². The molecule has 1 aromatic rings. The van der Waals surface area contributed by atoms with Crippen LogP contribution >= 0.6 is 0 Å². The van der Waals surface area contributed by atoms with Crippen LogP contribution < -0.4 is 10.9 Å². The second-order valence-corrected chi connectivity index (χ2v) is 5.16. The number of nitriles is 1. The smallest absolute Gasteiger partial charge is 0.269 e. The standard InChI is InChI=1S/C14H17N3O2/c1-14(2,3)11-6-4-10(5-7-11)13(19)17-16-12(18)8-9-15/h4-7H,8H2,1-3H3,(H,16,18)(H,17,19). The Morgan fingerprint density at radius 2 is 1.74 bits per heavy atom. The molecule has 0 aliphatic rings.